The maximum absolute atomic E-state index is 12.9. The SMILES string of the molecule is CCCCCOc1cc2c(cc1OCCCCC)c1cc(OCC(=O)NCCCC)c(OCCCCC)cc1c1cc(OCCCCC)c(OCC(=O)NCCCC)cc21. The summed E-state index contributed by atoms with van der Waals surface area (Å²) < 4.78 is 38.6. The molecule has 0 saturated carbocycles. The number of nitrogens with one attached hydrogen (secondary N) is 2. The van der Waals surface area contributed by atoms with Crippen LogP contribution in [-0.2, 0) is 9.59 Å². The summed E-state index contributed by atoms with van der Waals surface area (Å²) in [6.07, 6.45) is 16.0. The maximum Gasteiger partial charge on any atom is 0.257 e. The van der Waals surface area contributed by atoms with Crippen LogP contribution in [0.3, 0.4) is 0 Å². The largest absolute Gasteiger partial charge is 0.490 e. The van der Waals surface area contributed by atoms with Crippen LogP contribution in [0.1, 0.15) is 144 Å². The molecule has 10 heteroatoms. The third-order valence-electron chi connectivity index (χ3n) is 10.6. The average Bonchev–Trinajstić information content (AvgIpc) is 3.25. The lowest BCUT2D eigenvalue weighted by molar-refractivity contribution is -0.123. The minimum Gasteiger partial charge on any atom is -0.490 e. The molecule has 4 aromatic rings. The minimum absolute atomic E-state index is 0.129. The van der Waals surface area contributed by atoms with Gasteiger partial charge in [0.1, 0.15) is 0 Å². The molecule has 0 saturated heterocycles. The van der Waals surface area contributed by atoms with Crippen molar-refractivity contribution in [3.05, 3.63) is 36.4 Å². The lowest BCUT2D eigenvalue weighted by atomic mass is 9.93. The van der Waals surface area contributed by atoms with Crippen LogP contribution in [0.25, 0.3) is 32.3 Å². The van der Waals surface area contributed by atoms with Crippen molar-refractivity contribution >= 4 is 44.1 Å². The molecule has 0 fully saturated rings. The number of amides is 2. The number of unbranched alkanes of at least 4 members (excludes halogenated alkanes) is 10. The molecule has 0 spiro atoms. The molecule has 2 N–H and O–H groups in total. The van der Waals surface area contributed by atoms with E-state index in [1.54, 1.807) is 0 Å². The Morgan fingerprint density at radius 3 is 0.817 bits per heavy atom. The van der Waals surface area contributed by atoms with Crippen molar-refractivity contribution < 1.29 is 38.0 Å². The minimum atomic E-state index is -0.173. The van der Waals surface area contributed by atoms with Gasteiger partial charge in [-0.3, -0.25) is 9.59 Å². The molecule has 2 amide bonds. The molecule has 0 atom stereocenters. The Balaban J connectivity index is 1.99. The molecule has 0 heterocycles. The number of benzene rings is 4. The van der Waals surface area contributed by atoms with Crippen LogP contribution in [-0.4, -0.2) is 64.5 Å². The monoisotopic (exact) mass is 831 g/mol. The van der Waals surface area contributed by atoms with Crippen molar-refractivity contribution in [1.82, 2.24) is 10.6 Å². The zero-order valence-corrected chi connectivity index (χ0v) is 37.7. The number of hydrogen-bond acceptors (Lipinski definition) is 8. The number of fused-ring (bicyclic) bond motifs is 6. The highest BCUT2D eigenvalue weighted by molar-refractivity contribution is 6.27. The first-order valence-electron chi connectivity index (χ1n) is 23.2. The molecule has 4 aromatic carbocycles. The highest BCUT2D eigenvalue weighted by atomic mass is 16.5. The zero-order chi connectivity index (χ0) is 43.0. The van der Waals surface area contributed by atoms with E-state index in [9.17, 15) is 9.59 Å². The van der Waals surface area contributed by atoms with Gasteiger partial charge in [-0.25, -0.2) is 0 Å². The summed E-state index contributed by atoms with van der Waals surface area (Å²) in [5.74, 6) is 3.17. The molecule has 0 bridgehead atoms. The standard InChI is InChI=1S/C50H74N2O8/c1-7-13-19-25-55-43-29-37-38(30-44(43)56-26-20-14-8-2)42-34-48(60-36-50(54)52-24-18-12-6)46(58-28-22-16-10-4)32-40(42)39-31-45(57-27-21-15-9-3)47(33-41(37)39)59-35-49(53)51-23-17-11-5/h29-34H,7-28,35-36H2,1-6H3,(H,51,53)(H,52,54). The van der Waals surface area contributed by atoms with Gasteiger partial charge in [0, 0.05) is 13.1 Å². The first-order chi connectivity index (χ1) is 29.4. The Labute approximate surface area is 359 Å². The van der Waals surface area contributed by atoms with Crippen molar-refractivity contribution in [3.8, 4) is 34.5 Å². The molecule has 0 radical (unpaired) electrons. The fourth-order valence-corrected chi connectivity index (χ4v) is 7.03. The van der Waals surface area contributed by atoms with Crippen LogP contribution >= 0.6 is 0 Å². The second-order valence-corrected chi connectivity index (χ2v) is 15.7. The summed E-state index contributed by atoms with van der Waals surface area (Å²) in [4.78, 5) is 25.8. The van der Waals surface area contributed by atoms with E-state index in [1.807, 2.05) is 24.3 Å². The lowest BCUT2D eigenvalue weighted by Gasteiger charge is -2.20. The van der Waals surface area contributed by atoms with Crippen molar-refractivity contribution in [2.75, 3.05) is 52.7 Å². The summed E-state index contributed by atoms with van der Waals surface area (Å²) in [7, 11) is 0. The Bertz CT molecular complexity index is 1750. The van der Waals surface area contributed by atoms with E-state index in [0.717, 1.165) is 135 Å². The molecule has 10 nitrogen and oxygen atoms in total. The van der Waals surface area contributed by atoms with Crippen molar-refractivity contribution in [2.24, 2.45) is 0 Å². The van der Waals surface area contributed by atoms with E-state index >= 15 is 0 Å². The van der Waals surface area contributed by atoms with Gasteiger partial charge < -0.3 is 39.1 Å². The Morgan fingerprint density at radius 1 is 0.350 bits per heavy atom. The molecule has 0 aliphatic rings. The number of hydrogen-bond donors (Lipinski definition) is 2. The van der Waals surface area contributed by atoms with Gasteiger partial charge in [-0.15, -0.1) is 0 Å². The van der Waals surface area contributed by atoms with Crippen molar-refractivity contribution in [1.29, 1.82) is 0 Å². The molecule has 332 valence electrons. The van der Waals surface area contributed by atoms with Gasteiger partial charge in [0.25, 0.3) is 11.8 Å². The van der Waals surface area contributed by atoms with Gasteiger partial charge in [-0.1, -0.05) is 106 Å². The lowest BCUT2D eigenvalue weighted by Crippen LogP contribution is -2.29. The van der Waals surface area contributed by atoms with Gasteiger partial charge in [-0.05, 0) is 107 Å². The second kappa shape index (κ2) is 27.3. The van der Waals surface area contributed by atoms with E-state index < -0.39 is 0 Å². The van der Waals surface area contributed by atoms with E-state index in [0.29, 0.717) is 74.0 Å². The van der Waals surface area contributed by atoms with Crippen molar-refractivity contribution in [3.63, 3.8) is 0 Å². The predicted molar refractivity (Wildman–Crippen MR) is 246 cm³/mol. The Hall–Kier alpha value is -4.60. The number of ether oxygens (including phenoxy) is 6. The third-order valence-corrected chi connectivity index (χ3v) is 10.6. The molecule has 0 aliphatic carbocycles. The van der Waals surface area contributed by atoms with Gasteiger partial charge in [0.15, 0.2) is 47.7 Å². The average molecular weight is 831 g/mol. The summed E-state index contributed by atoms with van der Waals surface area (Å²) in [6, 6.07) is 12.2. The zero-order valence-electron chi connectivity index (χ0n) is 37.7. The smallest absolute Gasteiger partial charge is 0.257 e. The van der Waals surface area contributed by atoms with Gasteiger partial charge in [-0.2, -0.15) is 0 Å². The van der Waals surface area contributed by atoms with Crippen LogP contribution in [0, 0.1) is 0 Å². The summed E-state index contributed by atoms with van der Waals surface area (Å²) >= 11 is 0. The highest BCUT2D eigenvalue weighted by Gasteiger charge is 2.21. The molecule has 0 aromatic heterocycles. The second-order valence-electron chi connectivity index (χ2n) is 15.7. The third kappa shape index (κ3) is 14.8. The van der Waals surface area contributed by atoms with Gasteiger partial charge in [0.05, 0.1) is 26.4 Å². The van der Waals surface area contributed by atoms with E-state index in [2.05, 4.69) is 64.3 Å². The molecule has 0 unspecified atom stereocenters. The van der Waals surface area contributed by atoms with Crippen LogP contribution in [0.15, 0.2) is 36.4 Å². The van der Waals surface area contributed by atoms with E-state index in [-0.39, 0.29) is 25.0 Å². The normalized spacial score (nSPS) is 11.2. The summed E-state index contributed by atoms with van der Waals surface area (Å²) in [5, 5.41) is 11.5. The Kier molecular flexibility index (Phi) is 21.9. The quantitative estimate of drug-likeness (QED) is 0.0369. The van der Waals surface area contributed by atoms with Gasteiger partial charge >= 0.3 is 0 Å². The highest BCUT2D eigenvalue weighted by Crippen LogP contribution is 2.47. The maximum atomic E-state index is 12.9. The first kappa shape index (κ1) is 48.1. The number of rotatable bonds is 32. The van der Waals surface area contributed by atoms with Crippen LogP contribution in [0.2, 0.25) is 0 Å². The summed E-state index contributed by atoms with van der Waals surface area (Å²) in [6.45, 7) is 16.0. The van der Waals surface area contributed by atoms with E-state index in [1.165, 1.54) is 0 Å². The van der Waals surface area contributed by atoms with Crippen molar-refractivity contribution in [2.45, 2.75) is 144 Å². The van der Waals surface area contributed by atoms with Crippen LogP contribution < -0.4 is 39.1 Å². The van der Waals surface area contributed by atoms with Gasteiger partial charge in [0.2, 0.25) is 0 Å². The number of carbonyl (C=O) groups is 2. The molecular formula is C50H74N2O8. The topological polar surface area (TPSA) is 114 Å². The van der Waals surface area contributed by atoms with Crippen LogP contribution in [0.4, 0.5) is 0 Å². The molecule has 4 rings (SSSR count). The fraction of sp³-hybridized carbons (Fsp3) is 0.600. The Morgan fingerprint density at radius 2 is 0.583 bits per heavy atom. The molecular weight excluding hydrogens is 757 g/mol. The van der Waals surface area contributed by atoms with Crippen LogP contribution in [0.5, 0.6) is 34.5 Å². The molecule has 0 aliphatic heterocycles. The predicted octanol–water partition coefficient (Wildman–Crippen LogP) is 12.0. The summed E-state index contributed by atoms with van der Waals surface area (Å²) in [5.41, 5.74) is 0. The fourth-order valence-electron chi connectivity index (χ4n) is 7.03. The first-order valence-corrected chi connectivity index (χ1v) is 23.2. The molecule has 60 heavy (non-hydrogen) atoms. The van der Waals surface area contributed by atoms with E-state index in [4.69, 9.17) is 28.4 Å². The number of carbonyl (C=O) groups excluding carboxylic acids is 2.